The van der Waals surface area contributed by atoms with Crippen LogP contribution >= 0.6 is 0 Å². The van der Waals surface area contributed by atoms with Crippen molar-refractivity contribution in [2.24, 2.45) is 4.99 Å². The lowest BCUT2D eigenvalue weighted by Gasteiger charge is -2.11. The molecule has 1 aromatic rings. The molecule has 0 amide bonds. The number of methoxy groups -OCH3 is 1. The van der Waals surface area contributed by atoms with Crippen molar-refractivity contribution >= 4 is 11.9 Å². The van der Waals surface area contributed by atoms with E-state index in [0.717, 1.165) is 0 Å². The lowest BCUT2D eigenvalue weighted by molar-refractivity contribution is -0.140. The Bertz CT molecular complexity index is 463. The van der Waals surface area contributed by atoms with Crippen LogP contribution in [0.4, 0.5) is 4.39 Å². The molecule has 0 atom stereocenters. The number of halogens is 1. The summed E-state index contributed by atoms with van der Waals surface area (Å²) in [6.45, 7) is 0.991. The molecule has 0 unspecified atom stereocenters. The first-order chi connectivity index (χ1) is 9.67. The van der Waals surface area contributed by atoms with E-state index in [2.05, 4.69) is 20.4 Å². The maximum atomic E-state index is 13.4. The van der Waals surface area contributed by atoms with Gasteiger partial charge in [-0.05, 0) is 18.1 Å². The van der Waals surface area contributed by atoms with Gasteiger partial charge in [-0.2, -0.15) is 0 Å². The number of rotatable bonds is 6. The van der Waals surface area contributed by atoms with E-state index in [1.54, 1.807) is 19.2 Å². The normalized spacial score (nSPS) is 11.1. The number of aliphatic imine (C=N–C) groups is 1. The molecule has 0 saturated heterocycles. The first-order valence-corrected chi connectivity index (χ1v) is 6.42. The number of hydrogen-bond acceptors (Lipinski definition) is 3. The molecular weight excluding hydrogens is 261 g/mol. The number of hydrogen-bond donors (Lipinski definition) is 2. The average Bonchev–Trinajstić information content (AvgIpc) is 2.47. The lowest BCUT2D eigenvalue weighted by Crippen LogP contribution is -2.39. The summed E-state index contributed by atoms with van der Waals surface area (Å²) in [4.78, 5) is 15.0. The highest BCUT2D eigenvalue weighted by molar-refractivity contribution is 5.80. The molecule has 6 heteroatoms. The molecule has 2 N–H and O–H groups in total. The molecule has 1 rings (SSSR count). The topological polar surface area (TPSA) is 62.7 Å². The van der Waals surface area contributed by atoms with Crippen LogP contribution in [0.5, 0.6) is 0 Å². The number of guanidine groups is 1. The fourth-order valence-corrected chi connectivity index (χ4v) is 1.62. The number of nitrogens with zero attached hydrogens (tertiary/aromatic N) is 1. The van der Waals surface area contributed by atoms with Crippen LogP contribution in [0.25, 0.3) is 0 Å². The van der Waals surface area contributed by atoms with Gasteiger partial charge in [0.05, 0.1) is 13.5 Å². The fraction of sp³-hybridized carbons (Fsp3) is 0.429. The number of benzene rings is 1. The van der Waals surface area contributed by atoms with Gasteiger partial charge < -0.3 is 15.4 Å². The summed E-state index contributed by atoms with van der Waals surface area (Å²) in [5.74, 6) is 0.0903. The predicted molar refractivity (Wildman–Crippen MR) is 76.1 cm³/mol. The Morgan fingerprint density at radius 2 is 2.00 bits per heavy atom. The third-order valence-corrected chi connectivity index (χ3v) is 2.72. The standard InChI is InChI=1S/C14H20FN3O2/c1-16-14(18-10-8-13(19)20-2)17-9-7-11-5-3-4-6-12(11)15/h3-6H,7-10H2,1-2H3,(H2,16,17,18). The number of ether oxygens (including phenoxy) is 1. The third-order valence-electron chi connectivity index (χ3n) is 2.72. The van der Waals surface area contributed by atoms with Crippen LogP contribution < -0.4 is 10.6 Å². The van der Waals surface area contributed by atoms with E-state index < -0.39 is 0 Å². The second-order valence-electron chi connectivity index (χ2n) is 4.09. The summed E-state index contributed by atoms with van der Waals surface area (Å²) in [5.41, 5.74) is 0.657. The van der Waals surface area contributed by atoms with Gasteiger partial charge in [0.25, 0.3) is 0 Å². The minimum Gasteiger partial charge on any atom is -0.469 e. The first kappa shape index (κ1) is 15.9. The monoisotopic (exact) mass is 281 g/mol. The third kappa shape index (κ3) is 5.69. The Morgan fingerprint density at radius 1 is 1.30 bits per heavy atom. The molecule has 110 valence electrons. The van der Waals surface area contributed by atoms with E-state index in [1.807, 2.05) is 6.07 Å². The second kappa shape index (κ2) is 8.90. The van der Waals surface area contributed by atoms with Crippen molar-refractivity contribution in [3.8, 4) is 0 Å². The average molecular weight is 281 g/mol. The molecule has 0 aliphatic heterocycles. The summed E-state index contributed by atoms with van der Waals surface area (Å²) < 4.78 is 17.9. The molecule has 0 bridgehead atoms. The second-order valence-corrected chi connectivity index (χ2v) is 4.09. The van der Waals surface area contributed by atoms with Crippen LogP contribution in [0.15, 0.2) is 29.3 Å². The van der Waals surface area contributed by atoms with E-state index >= 15 is 0 Å². The van der Waals surface area contributed by atoms with Crippen LogP contribution in [-0.2, 0) is 16.0 Å². The molecule has 0 fully saturated rings. The Labute approximate surface area is 118 Å². The molecule has 20 heavy (non-hydrogen) atoms. The van der Waals surface area contributed by atoms with Crippen molar-refractivity contribution in [3.05, 3.63) is 35.6 Å². The zero-order chi connectivity index (χ0) is 14.8. The smallest absolute Gasteiger partial charge is 0.307 e. The zero-order valence-electron chi connectivity index (χ0n) is 11.8. The largest absolute Gasteiger partial charge is 0.469 e. The van der Waals surface area contributed by atoms with Crippen LogP contribution in [0.3, 0.4) is 0 Å². The predicted octanol–water partition coefficient (Wildman–Crippen LogP) is 1.10. The van der Waals surface area contributed by atoms with Crippen LogP contribution in [0.2, 0.25) is 0 Å². The summed E-state index contributed by atoms with van der Waals surface area (Å²) in [6.07, 6.45) is 0.828. The SMILES string of the molecule is CN=C(NCCC(=O)OC)NCCc1ccccc1F. The van der Waals surface area contributed by atoms with Crippen molar-refractivity contribution in [2.75, 3.05) is 27.2 Å². The highest BCUT2D eigenvalue weighted by Crippen LogP contribution is 2.05. The molecular formula is C14H20FN3O2. The van der Waals surface area contributed by atoms with Crippen molar-refractivity contribution in [2.45, 2.75) is 12.8 Å². The fourth-order valence-electron chi connectivity index (χ4n) is 1.62. The quantitative estimate of drug-likeness (QED) is 0.465. The van der Waals surface area contributed by atoms with Gasteiger partial charge >= 0.3 is 5.97 Å². The summed E-state index contributed by atoms with van der Waals surface area (Å²) in [7, 11) is 2.99. The number of carbonyl (C=O) groups excluding carboxylic acids is 1. The molecule has 0 aliphatic carbocycles. The van der Waals surface area contributed by atoms with Crippen LogP contribution in [0.1, 0.15) is 12.0 Å². The van der Waals surface area contributed by atoms with Gasteiger partial charge in [-0.3, -0.25) is 9.79 Å². The van der Waals surface area contributed by atoms with E-state index in [9.17, 15) is 9.18 Å². The lowest BCUT2D eigenvalue weighted by atomic mass is 10.1. The summed E-state index contributed by atoms with van der Waals surface area (Å²) >= 11 is 0. The maximum absolute atomic E-state index is 13.4. The molecule has 1 aromatic carbocycles. The highest BCUT2D eigenvalue weighted by Gasteiger charge is 2.03. The Balaban J connectivity index is 2.28. The first-order valence-electron chi connectivity index (χ1n) is 6.42. The number of carbonyl (C=O) groups is 1. The van der Waals surface area contributed by atoms with Gasteiger partial charge in [0.2, 0.25) is 0 Å². The molecule has 0 radical (unpaired) electrons. The van der Waals surface area contributed by atoms with E-state index in [1.165, 1.54) is 13.2 Å². The van der Waals surface area contributed by atoms with Gasteiger partial charge in [0.15, 0.2) is 5.96 Å². The van der Waals surface area contributed by atoms with Crippen molar-refractivity contribution in [3.63, 3.8) is 0 Å². The van der Waals surface area contributed by atoms with Crippen LogP contribution in [-0.4, -0.2) is 39.2 Å². The Hall–Kier alpha value is -2.11. The van der Waals surface area contributed by atoms with Gasteiger partial charge in [0.1, 0.15) is 5.82 Å². The summed E-state index contributed by atoms with van der Waals surface area (Å²) in [5, 5.41) is 6.04. The molecule has 0 heterocycles. The van der Waals surface area contributed by atoms with Gasteiger partial charge in [-0.25, -0.2) is 4.39 Å². The molecule has 0 saturated carbocycles. The maximum Gasteiger partial charge on any atom is 0.307 e. The van der Waals surface area contributed by atoms with E-state index in [4.69, 9.17) is 0 Å². The van der Waals surface area contributed by atoms with Crippen molar-refractivity contribution in [1.29, 1.82) is 0 Å². The van der Waals surface area contributed by atoms with Gasteiger partial charge in [-0.1, -0.05) is 18.2 Å². The number of nitrogens with one attached hydrogen (secondary N) is 2. The van der Waals surface area contributed by atoms with Crippen molar-refractivity contribution in [1.82, 2.24) is 10.6 Å². The van der Waals surface area contributed by atoms with Crippen LogP contribution in [0, 0.1) is 5.82 Å². The summed E-state index contributed by atoms with van der Waals surface area (Å²) in [6, 6.07) is 6.67. The zero-order valence-corrected chi connectivity index (χ0v) is 11.8. The molecule has 0 aromatic heterocycles. The van der Waals surface area contributed by atoms with Gasteiger partial charge in [-0.15, -0.1) is 0 Å². The number of esters is 1. The highest BCUT2D eigenvalue weighted by atomic mass is 19.1. The molecule has 5 nitrogen and oxygen atoms in total. The van der Waals surface area contributed by atoms with E-state index in [0.29, 0.717) is 31.0 Å². The molecule has 0 spiro atoms. The molecule has 0 aliphatic rings. The van der Waals surface area contributed by atoms with E-state index in [-0.39, 0.29) is 18.2 Å². The Morgan fingerprint density at radius 3 is 2.65 bits per heavy atom. The Kier molecular flexibility index (Phi) is 7.10. The minimum atomic E-state index is -0.278. The van der Waals surface area contributed by atoms with Crippen molar-refractivity contribution < 1.29 is 13.9 Å². The van der Waals surface area contributed by atoms with Gasteiger partial charge in [0, 0.05) is 20.1 Å². The minimum absolute atomic E-state index is 0.206.